The fourth-order valence-electron chi connectivity index (χ4n) is 2.25. The van der Waals surface area contributed by atoms with Crippen molar-refractivity contribution in [2.24, 2.45) is 7.05 Å². The smallest absolute Gasteiger partial charge is 0.311 e. The minimum absolute atomic E-state index is 0.174. The van der Waals surface area contributed by atoms with Crippen molar-refractivity contribution in [3.8, 4) is 0 Å². The third kappa shape index (κ3) is 1.48. The van der Waals surface area contributed by atoms with Gasteiger partial charge in [0.25, 0.3) is 0 Å². The fourth-order valence-corrected chi connectivity index (χ4v) is 2.25. The summed E-state index contributed by atoms with van der Waals surface area (Å²) >= 11 is 0. The molecule has 2 heterocycles. The Morgan fingerprint density at radius 1 is 1.67 bits per heavy atom. The first-order valence-electron chi connectivity index (χ1n) is 5.03. The number of hydrogen-bond donors (Lipinski definition) is 2. The zero-order valence-electron chi connectivity index (χ0n) is 9.11. The molecule has 1 aromatic heterocycles. The van der Waals surface area contributed by atoms with Crippen molar-refractivity contribution >= 4 is 11.8 Å². The highest BCUT2D eigenvalue weighted by molar-refractivity contribution is 5.80. The van der Waals surface area contributed by atoms with E-state index in [4.69, 9.17) is 0 Å². The number of fused-ring (bicyclic) bond motifs is 1. The van der Waals surface area contributed by atoms with Gasteiger partial charge in [-0.1, -0.05) is 0 Å². The van der Waals surface area contributed by atoms with Crippen molar-refractivity contribution in [1.82, 2.24) is 9.78 Å². The van der Waals surface area contributed by atoms with E-state index in [1.54, 1.807) is 4.68 Å². The Hall–Kier alpha value is -1.52. The first kappa shape index (κ1) is 10.0. The largest absolute Gasteiger partial charge is 0.481 e. The summed E-state index contributed by atoms with van der Waals surface area (Å²) < 4.78 is 1.72. The van der Waals surface area contributed by atoms with Crippen molar-refractivity contribution in [3.05, 3.63) is 11.3 Å². The summed E-state index contributed by atoms with van der Waals surface area (Å²) in [6, 6.07) is 0.174. The number of carbonyl (C=O) groups is 1. The number of aryl methyl sites for hydroxylation is 2. The Balaban J connectivity index is 2.53. The Morgan fingerprint density at radius 3 is 2.93 bits per heavy atom. The van der Waals surface area contributed by atoms with Gasteiger partial charge < -0.3 is 10.4 Å². The number of aromatic nitrogens is 2. The van der Waals surface area contributed by atoms with Crippen LogP contribution < -0.4 is 5.32 Å². The standard InChI is InChI=1S/C10H15N3O2/c1-5-4-7(10(14)15)8-6(2)12-13(3)9(8)11-5/h5,7,11H,4H2,1-3H3,(H,14,15)/t5-,7+/m1/s1. The molecule has 1 aliphatic heterocycles. The maximum absolute atomic E-state index is 11.2. The number of rotatable bonds is 1. The van der Waals surface area contributed by atoms with E-state index < -0.39 is 11.9 Å². The van der Waals surface area contributed by atoms with Gasteiger partial charge in [0.05, 0.1) is 11.6 Å². The number of anilines is 1. The predicted molar refractivity (Wildman–Crippen MR) is 56.0 cm³/mol. The van der Waals surface area contributed by atoms with Crippen molar-refractivity contribution in [3.63, 3.8) is 0 Å². The molecular weight excluding hydrogens is 194 g/mol. The van der Waals surface area contributed by atoms with Crippen LogP contribution in [0.4, 0.5) is 5.82 Å². The molecule has 15 heavy (non-hydrogen) atoms. The van der Waals surface area contributed by atoms with Gasteiger partial charge in [0.2, 0.25) is 0 Å². The lowest BCUT2D eigenvalue weighted by atomic mass is 9.89. The van der Waals surface area contributed by atoms with Crippen molar-refractivity contribution in [2.45, 2.75) is 32.2 Å². The minimum atomic E-state index is -0.763. The molecule has 0 aliphatic carbocycles. The van der Waals surface area contributed by atoms with E-state index in [-0.39, 0.29) is 6.04 Å². The summed E-state index contributed by atoms with van der Waals surface area (Å²) in [6.45, 7) is 3.84. The zero-order valence-corrected chi connectivity index (χ0v) is 9.11. The monoisotopic (exact) mass is 209 g/mol. The highest BCUT2D eigenvalue weighted by Crippen LogP contribution is 2.36. The summed E-state index contributed by atoms with van der Waals surface area (Å²) in [4.78, 5) is 11.2. The van der Waals surface area contributed by atoms with Crippen LogP contribution in [0, 0.1) is 6.92 Å². The molecule has 0 unspecified atom stereocenters. The number of hydrogen-bond acceptors (Lipinski definition) is 3. The maximum Gasteiger partial charge on any atom is 0.311 e. The van der Waals surface area contributed by atoms with Crippen LogP contribution in [0.2, 0.25) is 0 Å². The molecule has 1 aliphatic rings. The number of carboxylic acid groups (broad SMARTS) is 1. The number of carboxylic acids is 1. The van der Waals surface area contributed by atoms with Crippen LogP contribution >= 0.6 is 0 Å². The molecule has 0 spiro atoms. The summed E-state index contributed by atoms with van der Waals surface area (Å²) in [6.07, 6.45) is 0.620. The molecular formula is C10H15N3O2. The molecule has 0 radical (unpaired) electrons. The van der Waals surface area contributed by atoms with Gasteiger partial charge in [-0.3, -0.25) is 9.48 Å². The third-order valence-electron chi connectivity index (χ3n) is 2.89. The second-order valence-electron chi connectivity index (χ2n) is 4.14. The van der Waals surface area contributed by atoms with Crippen LogP contribution in [0.3, 0.4) is 0 Å². The van der Waals surface area contributed by atoms with Crippen LogP contribution in [0.1, 0.15) is 30.5 Å². The highest BCUT2D eigenvalue weighted by Gasteiger charge is 2.33. The first-order valence-corrected chi connectivity index (χ1v) is 5.03. The normalized spacial score (nSPS) is 24.5. The molecule has 2 N–H and O–H groups in total. The summed E-state index contributed by atoms with van der Waals surface area (Å²) in [5.74, 6) is -0.343. The Bertz CT molecular complexity index is 411. The van der Waals surface area contributed by atoms with E-state index in [0.29, 0.717) is 6.42 Å². The zero-order chi connectivity index (χ0) is 11.2. The van der Waals surface area contributed by atoms with Crippen LogP contribution in [-0.2, 0) is 11.8 Å². The average Bonchev–Trinajstić information content (AvgIpc) is 2.41. The second-order valence-corrected chi connectivity index (χ2v) is 4.14. The number of nitrogens with zero attached hydrogens (tertiary/aromatic N) is 2. The van der Waals surface area contributed by atoms with Crippen molar-refractivity contribution < 1.29 is 9.90 Å². The Kier molecular flexibility index (Phi) is 2.17. The van der Waals surface area contributed by atoms with Crippen molar-refractivity contribution in [1.29, 1.82) is 0 Å². The van der Waals surface area contributed by atoms with Crippen LogP contribution in [-0.4, -0.2) is 26.9 Å². The SMILES string of the molecule is Cc1nn(C)c2c1[C@@H](C(=O)O)C[C@@H](C)N2. The summed E-state index contributed by atoms with van der Waals surface area (Å²) in [5.41, 5.74) is 1.64. The van der Waals surface area contributed by atoms with E-state index in [9.17, 15) is 9.90 Å². The molecule has 2 rings (SSSR count). The molecule has 0 aromatic carbocycles. The van der Waals surface area contributed by atoms with Gasteiger partial charge in [-0.05, 0) is 20.3 Å². The highest BCUT2D eigenvalue weighted by atomic mass is 16.4. The average molecular weight is 209 g/mol. The molecule has 0 bridgehead atoms. The molecule has 0 saturated heterocycles. The van der Waals surface area contributed by atoms with E-state index in [1.165, 1.54) is 0 Å². The lowest BCUT2D eigenvalue weighted by Gasteiger charge is -2.27. The molecule has 0 fully saturated rings. The molecule has 0 amide bonds. The third-order valence-corrected chi connectivity index (χ3v) is 2.89. The molecule has 0 saturated carbocycles. The van der Waals surface area contributed by atoms with Crippen LogP contribution in [0.15, 0.2) is 0 Å². The maximum atomic E-state index is 11.2. The van der Waals surface area contributed by atoms with Crippen LogP contribution in [0.5, 0.6) is 0 Å². The predicted octanol–water partition coefficient (Wildman–Crippen LogP) is 1.10. The van der Waals surface area contributed by atoms with Crippen LogP contribution in [0.25, 0.3) is 0 Å². The summed E-state index contributed by atoms with van der Waals surface area (Å²) in [7, 11) is 1.83. The van der Waals surface area contributed by atoms with Gasteiger partial charge >= 0.3 is 5.97 Å². The van der Waals surface area contributed by atoms with E-state index in [0.717, 1.165) is 17.1 Å². The van der Waals surface area contributed by atoms with Gasteiger partial charge in [0.15, 0.2) is 0 Å². The fraction of sp³-hybridized carbons (Fsp3) is 0.600. The Labute approximate surface area is 88.1 Å². The Morgan fingerprint density at radius 2 is 2.33 bits per heavy atom. The molecule has 2 atom stereocenters. The molecule has 82 valence electrons. The van der Waals surface area contributed by atoms with Gasteiger partial charge in [-0.15, -0.1) is 0 Å². The topological polar surface area (TPSA) is 67.2 Å². The summed E-state index contributed by atoms with van der Waals surface area (Å²) in [5, 5.41) is 16.7. The van der Waals surface area contributed by atoms with Gasteiger partial charge in [-0.2, -0.15) is 5.10 Å². The van der Waals surface area contributed by atoms with Gasteiger partial charge in [0.1, 0.15) is 5.82 Å². The molecule has 1 aromatic rings. The molecule has 5 nitrogen and oxygen atoms in total. The van der Waals surface area contributed by atoms with E-state index >= 15 is 0 Å². The molecule has 5 heteroatoms. The lowest BCUT2D eigenvalue weighted by molar-refractivity contribution is -0.139. The number of aliphatic carboxylic acids is 1. The van der Waals surface area contributed by atoms with Crippen molar-refractivity contribution in [2.75, 3.05) is 5.32 Å². The lowest BCUT2D eigenvalue weighted by Crippen LogP contribution is -2.30. The minimum Gasteiger partial charge on any atom is -0.481 e. The second kappa shape index (κ2) is 3.25. The van der Waals surface area contributed by atoms with E-state index in [2.05, 4.69) is 10.4 Å². The number of nitrogens with one attached hydrogen (secondary N) is 1. The quantitative estimate of drug-likeness (QED) is 0.726. The first-order chi connectivity index (χ1) is 7.00. The van der Waals surface area contributed by atoms with Gasteiger partial charge in [-0.25, -0.2) is 0 Å². The van der Waals surface area contributed by atoms with E-state index in [1.807, 2.05) is 20.9 Å². The van der Waals surface area contributed by atoms with Gasteiger partial charge in [0, 0.05) is 18.7 Å².